The van der Waals surface area contributed by atoms with Crippen LogP contribution in [0.2, 0.25) is 0 Å². The molecule has 1 rings (SSSR count). The number of rotatable bonds is 3. The first-order chi connectivity index (χ1) is 6.05. The summed E-state index contributed by atoms with van der Waals surface area (Å²) >= 11 is 0. The van der Waals surface area contributed by atoms with Gasteiger partial charge in [-0.1, -0.05) is 37.3 Å². The van der Waals surface area contributed by atoms with Crippen LogP contribution in [0.1, 0.15) is 24.2 Å². The number of hydrogen-bond acceptors (Lipinski definition) is 2. The molecule has 4 heteroatoms. The second kappa shape index (κ2) is 3.89. The Hall–Kier alpha value is -0.870. The van der Waals surface area contributed by atoms with Gasteiger partial charge in [-0.05, 0) is 12.0 Å². The van der Waals surface area contributed by atoms with Gasteiger partial charge in [-0.2, -0.15) is 8.42 Å². The molecule has 3 nitrogen and oxygen atoms in total. The monoisotopic (exact) mass is 200 g/mol. The molecule has 0 aromatic heterocycles. The zero-order valence-electron chi connectivity index (χ0n) is 7.34. The summed E-state index contributed by atoms with van der Waals surface area (Å²) < 4.78 is 30.7. The highest BCUT2D eigenvalue weighted by Gasteiger charge is 2.22. The molecule has 0 aliphatic carbocycles. The highest BCUT2D eigenvalue weighted by Crippen LogP contribution is 2.23. The summed E-state index contributed by atoms with van der Waals surface area (Å²) in [5.74, 6) is 0. The predicted molar refractivity (Wildman–Crippen MR) is 51.0 cm³/mol. The molecule has 1 aromatic rings. The van der Waals surface area contributed by atoms with Crippen LogP contribution in [0.5, 0.6) is 0 Å². The molecular formula is C9H12O3S. The molecular weight excluding hydrogens is 188 g/mol. The van der Waals surface area contributed by atoms with Crippen LogP contribution in [0, 0.1) is 0 Å². The lowest BCUT2D eigenvalue weighted by atomic mass is 10.1. The second-order valence-corrected chi connectivity index (χ2v) is 4.42. The molecule has 0 fully saturated rings. The number of hydrogen-bond donors (Lipinski definition) is 1. The van der Waals surface area contributed by atoms with Gasteiger partial charge < -0.3 is 0 Å². The number of benzene rings is 1. The van der Waals surface area contributed by atoms with E-state index in [1.165, 1.54) is 0 Å². The van der Waals surface area contributed by atoms with E-state index in [4.69, 9.17) is 4.55 Å². The van der Waals surface area contributed by atoms with Crippen molar-refractivity contribution in [2.75, 3.05) is 0 Å². The van der Waals surface area contributed by atoms with E-state index >= 15 is 0 Å². The molecule has 0 heterocycles. The summed E-state index contributed by atoms with van der Waals surface area (Å²) in [5, 5.41) is -0.798. The zero-order valence-corrected chi connectivity index (χ0v) is 8.16. The van der Waals surface area contributed by atoms with Crippen LogP contribution in [-0.4, -0.2) is 13.0 Å². The summed E-state index contributed by atoms with van der Waals surface area (Å²) in [7, 11) is -3.97. The van der Waals surface area contributed by atoms with Gasteiger partial charge in [0.25, 0.3) is 10.1 Å². The Labute approximate surface area is 78.2 Å². The van der Waals surface area contributed by atoms with Gasteiger partial charge in [0.05, 0.1) is 0 Å². The third kappa shape index (κ3) is 2.54. The fraction of sp³-hybridized carbons (Fsp3) is 0.333. The molecule has 13 heavy (non-hydrogen) atoms. The molecule has 0 aliphatic heterocycles. The lowest BCUT2D eigenvalue weighted by molar-refractivity contribution is 0.466. The fourth-order valence-corrected chi connectivity index (χ4v) is 2.21. The maximum atomic E-state index is 10.9. The minimum Gasteiger partial charge on any atom is -0.285 e. The maximum absolute atomic E-state index is 10.9. The molecule has 0 saturated carbocycles. The van der Waals surface area contributed by atoms with Gasteiger partial charge in [0.15, 0.2) is 0 Å². The average Bonchev–Trinajstić information content (AvgIpc) is 2.05. The minimum atomic E-state index is -3.97. The Morgan fingerprint density at radius 1 is 1.31 bits per heavy atom. The van der Waals surface area contributed by atoms with E-state index in [1.807, 2.05) is 0 Å². The van der Waals surface area contributed by atoms with Crippen LogP contribution >= 0.6 is 0 Å². The van der Waals surface area contributed by atoms with Crippen molar-refractivity contribution < 1.29 is 13.0 Å². The van der Waals surface area contributed by atoms with Crippen molar-refractivity contribution >= 4 is 10.1 Å². The predicted octanol–water partition coefficient (Wildman–Crippen LogP) is 2.03. The maximum Gasteiger partial charge on any atom is 0.271 e. The third-order valence-corrected chi connectivity index (χ3v) is 3.23. The van der Waals surface area contributed by atoms with Crippen molar-refractivity contribution in [2.45, 2.75) is 18.6 Å². The molecule has 0 saturated heterocycles. The van der Waals surface area contributed by atoms with Crippen molar-refractivity contribution in [3.05, 3.63) is 35.9 Å². The van der Waals surface area contributed by atoms with Gasteiger partial charge in [-0.15, -0.1) is 0 Å². The van der Waals surface area contributed by atoms with Gasteiger partial charge in [0.2, 0.25) is 0 Å². The van der Waals surface area contributed by atoms with E-state index < -0.39 is 15.4 Å². The molecule has 0 radical (unpaired) electrons. The van der Waals surface area contributed by atoms with E-state index in [0.717, 1.165) is 0 Å². The molecule has 0 amide bonds. The first-order valence-electron chi connectivity index (χ1n) is 4.07. The summed E-state index contributed by atoms with van der Waals surface area (Å²) in [6, 6.07) is 8.70. The van der Waals surface area contributed by atoms with E-state index in [2.05, 4.69) is 0 Å². The molecule has 72 valence electrons. The third-order valence-electron chi connectivity index (χ3n) is 1.90. The quantitative estimate of drug-likeness (QED) is 0.759. The standard InChI is InChI=1S/C9H12O3S/c1-2-9(13(10,11)12)8-6-4-3-5-7-8/h3-7,9H,2H2,1H3,(H,10,11,12)/t9-/m1/s1. The van der Waals surface area contributed by atoms with Gasteiger partial charge in [-0.25, -0.2) is 0 Å². The van der Waals surface area contributed by atoms with Gasteiger partial charge >= 0.3 is 0 Å². The van der Waals surface area contributed by atoms with Crippen LogP contribution in [0.25, 0.3) is 0 Å². The first-order valence-corrected chi connectivity index (χ1v) is 5.57. The Morgan fingerprint density at radius 2 is 1.85 bits per heavy atom. The van der Waals surface area contributed by atoms with Crippen LogP contribution in [0.4, 0.5) is 0 Å². The summed E-state index contributed by atoms with van der Waals surface area (Å²) in [5.41, 5.74) is 0.632. The minimum absolute atomic E-state index is 0.378. The van der Waals surface area contributed by atoms with Crippen molar-refractivity contribution in [1.82, 2.24) is 0 Å². The Kier molecular flexibility index (Phi) is 3.06. The molecule has 1 atom stereocenters. The lowest BCUT2D eigenvalue weighted by Crippen LogP contribution is -2.10. The van der Waals surface area contributed by atoms with Crippen LogP contribution < -0.4 is 0 Å². The van der Waals surface area contributed by atoms with Crippen LogP contribution in [0.3, 0.4) is 0 Å². The lowest BCUT2D eigenvalue weighted by Gasteiger charge is -2.10. The smallest absolute Gasteiger partial charge is 0.271 e. The largest absolute Gasteiger partial charge is 0.285 e. The summed E-state index contributed by atoms with van der Waals surface area (Å²) in [4.78, 5) is 0. The van der Waals surface area contributed by atoms with Crippen molar-refractivity contribution in [3.63, 3.8) is 0 Å². The van der Waals surface area contributed by atoms with Crippen molar-refractivity contribution in [2.24, 2.45) is 0 Å². The van der Waals surface area contributed by atoms with Gasteiger partial charge in [-0.3, -0.25) is 4.55 Å². The van der Waals surface area contributed by atoms with Gasteiger partial charge in [0, 0.05) is 0 Å². The highest BCUT2D eigenvalue weighted by molar-refractivity contribution is 7.86. The van der Waals surface area contributed by atoms with E-state index in [-0.39, 0.29) is 0 Å². The molecule has 0 aliphatic rings. The normalized spacial score (nSPS) is 14.0. The molecule has 1 aromatic carbocycles. The molecule has 0 unspecified atom stereocenters. The van der Waals surface area contributed by atoms with E-state index in [9.17, 15) is 8.42 Å². The molecule has 0 spiro atoms. The second-order valence-electron chi connectivity index (χ2n) is 2.82. The zero-order chi connectivity index (χ0) is 9.90. The Morgan fingerprint density at radius 3 is 2.23 bits per heavy atom. The van der Waals surface area contributed by atoms with Crippen molar-refractivity contribution in [3.8, 4) is 0 Å². The van der Waals surface area contributed by atoms with E-state index in [0.29, 0.717) is 12.0 Å². The van der Waals surface area contributed by atoms with Crippen LogP contribution in [0.15, 0.2) is 30.3 Å². The van der Waals surface area contributed by atoms with Crippen molar-refractivity contribution in [1.29, 1.82) is 0 Å². The topological polar surface area (TPSA) is 54.4 Å². The fourth-order valence-electron chi connectivity index (χ4n) is 1.29. The van der Waals surface area contributed by atoms with Gasteiger partial charge in [0.1, 0.15) is 5.25 Å². The summed E-state index contributed by atoms with van der Waals surface area (Å²) in [6.07, 6.45) is 0.378. The van der Waals surface area contributed by atoms with Crippen LogP contribution in [-0.2, 0) is 10.1 Å². The van der Waals surface area contributed by atoms with E-state index in [1.54, 1.807) is 37.3 Å². The SMILES string of the molecule is CC[C@H](c1ccccc1)S(=O)(=O)O. The molecule has 0 bridgehead atoms. The Bertz CT molecular complexity index is 356. The molecule has 1 N–H and O–H groups in total. The first kappa shape index (κ1) is 10.2. The summed E-state index contributed by atoms with van der Waals surface area (Å²) in [6.45, 7) is 1.73. The highest BCUT2D eigenvalue weighted by atomic mass is 32.2. The average molecular weight is 200 g/mol. The Balaban J connectivity index is 3.06.